The summed E-state index contributed by atoms with van der Waals surface area (Å²) in [5.41, 5.74) is 2.17. The Kier molecular flexibility index (Phi) is 8.85. The molecule has 0 bridgehead atoms. The highest BCUT2D eigenvalue weighted by Gasteiger charge is 2.39. The summed E-state index contributed by atoms with van der Waals surface area (Å²) in [6.45, 7) is 6.42. The Hall–Kier alpha value is -3.16. The Labute approximate surface area is 208 Å². The molecule has 0 aliphatic carbocycles. The lowest BCUT2D eigenvalue weighted by atomic mass is 9.85. The van der Waals surface area contributed by atoms with Crippen LogP contribution in [-0.4, -0.2) is 29.9 Å². The van der Waals surface area contributed by atoms with E-state index in [9.17, 15) is 9.90 Å². The van der Waals surface area contributed by atoms with Gasteiger partial charge in [0.05, 0.1) is 23.4 Å². The van der Waals surface area contributed by atoms with Gasteiger partial charge in [0.2, 0.25) is 0 Å². The number of carbonyl (C=O) groups is 1. The summed E-state index contributed by atoms with van der Waals surface area (Å²) in [7, 11) is 0. The number of hydrogen-bond donors (Lipinski definition) is 2. The van der Waals surface area contributed by atoms with Crippen LogP contribution >= 0.6 is 15.9 Å². The lowest BCUT2D eigenvalue weighted by Gasteiger charge is -2.27. The average Bonchev–Trinajstić information content (AvgIpc) is 2.86. The van der Waals surface area contributed by atoms with Crippen LogP contribution in [0, 0.1) is 0 Å². The molecule has 0 heterocycles. The molecular weight excluding hydrogens is 496 g/mol. The fourth-order valence-corrected chi connectivity index (χ4v) is 3.91. The van der Waals surface area contributed by atoms with Crippen molar-refractivity contribution >= 4 is 28.1 Å². The first-order valence-corrected chi connectivity index (χ1v) is 12.0. The minimum absolute atomic E-state index is 0.0305. The van der Waals surface area contributed by atoms with Crippen molar-refractivity contribution in [2.75, 3.05) is 6.61 Å². The highest BCUT2D eigenvalue weighted by molar-refractivity contribution is 9.10. The zero-order chi connectivity index (χ0) is 24.6. The molecular formula is C27H29BrN2O4. The monoisotopic (exact) mass is 524 g/mol. The van der Waals surface area contributed by atoms with E-state index in [0.717, 1.165) is 10.9 Å². The van der Waals surface area contributed by atoms with Gasteiger partial charge in [-0.1, -0.05) is 67.6 Å². The first-order valence-electron chi connectivity index (χ1n) is 11.2. The number of hydrogen-bond acceptors (Lipinski definition) is 5. The zero-order valence-electron chi connectivity index (χ0n) is 19.5. The number of halogens is 1. The first kappa shape index (κ1) is 25.5. The van der Waals surface area contributed by atoms with Gasteiger partial charge in [-0.3, -0.25) is 4.79 Å². The minimum atomic E-state index is -1.90. The lowest BCUT2D eigenvalue weighted by molar-refractivity contribution is -0.136. The number of benzene rings is 3. The van der Waals surface area contributed by atoms with Crippen LogP contribution in [0.1, 0.15) is 43.9 Å². The number of carbonyl (C=O) groups excluding carboxylic acids is 1. The van der Waals surface area contributed by atoms with Gasteiger partial charge in [0, 0.05) is 0 Å². The molecule has 7 heteroatoms. The topological polar surface area (TPSA) is 80.2 Å². The number of ether oxygens (including phenoxy) is 2. The molecule has 6 nitrogen and oxygen atoms in total. The lowest BCUT2D eigenvalue weighted by Crippen LogP contribution is -2.43. The Bertz CT molecular complexity index is 1080. The van der Waals surface area contributed by atoms with Gasteiger partial charge in [0.15, 0.2) is 17.1 Å². The predicted octanol–water partition coefficient (Wildman–Crippen LogP) is 5.41. The highest BCUT2D eigenvalue weighted by Crippen LogP contribution is 2.37. The van der Waals surface area contributed by atoms with Crippen LogP contribution in [-0.2, 0) is 10.4 Å². The van der Waals surface area contributed by atoms with E-state index in [2.05, 4.69) is 33.4 Å². The molecule has 0 saturated carbocycles. The molecule has 0 aliphatic rings. The maximum Gasteiger partial charge on any atom is 0.281 e. The smallest absolute Gasteiger partial charge is 0.281 e. The number of hydrazone groups is 1. The maximum absolute atomic E-state index is 13.2. The van der Waals surface area contributed by atoms with E-state index in [0.29, 0.717) is 34.8 Å². The van der Waals surface area contributed by atoms with Gasteiger partial charge in [0.1, 0.15) is 0 Å². The van der Waals surface area contributed by atoms with Crippen LogP contribution < -0.4 is 14.9 Å². The second-order valence-corrected chi connectivity index (χ2v) is 8.60. The van der Waals surface area contributed by atoms with Crippen LogP contribution in [0.4, 0.5) is 0 Å². The van der Waals surface area contributed by atoms with Crippen LogP contribution in [0.25, 0.3) is 0 Å². The maximum atomic E-state index is 13.2. The molecule has 0 aromatic heterocycles. The van der Waals surface area contributed by atoms with Crippen molar-refractivity contribution in [2.24, 2.45) is 5.10 Å². The Morgan fingerprint density at radius 2 is 1.68 bits per heavy atom. The van der Waals surface area contributed by atoms with Crippen molar-refractivity contribution in [3.63, 3.8) is 0 Å². The van der Waals surface area contributed by atoms with Crippen LogP contribution in [0.2, 0.25) is 0 Å². The summed E-state index contributed by atoms with van der Waals surface area (Å²) < 4.78 is 12.5. The van der Waals surface area contributed by atoms with Gasteiger partial charge >= 0.3 is 0 Å². The minimum Gasteiger partial charge on any atom is -0.490 e. The number of rotatable bonds is 10. The van der Waals surface area contributed by atoms with Gasteiger partial charge in [-0.15, -0.1) is 0 Å². The summed E-state index contributed by atoms with van der Waals surface area (Å²) in [6.07, 6.45) is 2.39. The summed E-state index contributed by atoms with van der Waals surface area (Å²) >= 11 is 3.55. The zero-order valence-corrected chi connectivity index (χ0v) is 21.1. The molecule has 3 rings (SSSR count). The number of aliphatic hydroxyl groups is 1. The van der Waals surface area contributed by atoms with Crippen LogP contribution in [0.5, 0.6) is 11.5 Å². The first-order chi connectivity index (χ1) is 16.4. The van der Waals surface area contributed by atoms with Crippen molar-refractivity contribution in [1.82, 2.24) is 5.43 Å². The number of amides is 1. The Morgan fingerprint density at radius 3 is 2.21 bits per heavy atom. The summed E-state index contributed by atoms with van der Waals surface area (Å²) in [5.74, 6) is 0.539. The van der Waals surface area contributed by atoms with E-state index in [4.69, 9.17) is 9.47 Å². The van der Waals surface area contributed by atoms with Gasteiger partial charge < -0.3 is 14.6 Å². The number of nitrogens with zero attached hydrogens (tertiary/aromatic N) is 1. The van der Waals surface area contributed by atoms with Gasteiger partial charge in [-0.05, 0) is 65.0 Å². The molecule has 34 heavy (non-hydrogen) atoms. The van der Waals surface area contributed by atoms with Gasteiger partial charge in [0.25, 0.3) is 5.91 Å². The Morgan fingerprint density at radius 1 is 1.09 bits per heavy atom. The summed E-state index contributed by atoms with van der Waals surface area (Å²) in [6, 6.07) is 21.2. The molecule has 0 saturated heterocycles. The molecule has 0 aliphatic heterocycles. The van der Waals surface area contributed by atoms with E-state index in [1.807, 2.05) is 32.0 Å². The third-order valence-corrected chi connectivity index (χ3v) is 5.91. The third kappa shape index (κ3) is 5.85. The van der Waals surface area contributed by atoms with E-state index >= 15 is 0 Å². The summed E-state index contributed by atoms with van der Waals surface area (Å²) in [4.78, 5) is 13.2. The van der Waals surface area contributed by atoms with Crippen molar-refractivity contribution in [1.29, 1.82) is 0 Å². The van der Waals surface area contributed by atoms with Crippen molar-refractivity contribution in [3.05, 3.63) is 94.0 Å². The quantitative estimate of drug-likeness (QED) is 0.274. The van der Waals surface area contributed by atoms with Crippen molar-refractivity contribution in [3.8, 4) is 11.5 Å². The fourth-order valence-electron chi connectivity index (χ4n) is 3.36. The van der Waals surface area contributed by atoms with Gasteiger partial charge in [-0.25, -0.2) is 5.43 Å². The SMILES string of the molecule is CCOc1cc(/C=N\NC(=O)C(O)(c2ccccc2)c2ccccc2)cc(Br)c1O[C@H](C)CC. The van der Waals surface area contributed by atoms with E-state index in [1.54, 1.807) is 54.6 Å². The second kappa shape index (κ2) is 11.8. The van der Waals surface area contributed by atoms with Crippen LogP contribution in [0.3, 0.4) is 0 Å². The molecule has 1 amide bonds. The average molecular weight is 525 g/mol. The van der Waals surface area contributed by atoms with E-state index < -0.39 is 11.5 Å². The molecule has 3 aromatic carbocycles. The molecule has 178 valence electrons. The molecule has 3 aromatic rings. The standard InChI is InChI=1S/C27H29BrN2O4/c1-4-19(3)34-25-23(28)16-20(17-24(25)33-5-2)18-29-30-26(31)27(32,21-12-8-6-9-13-21)22-14-10-7-11-15-22/h6-19,32H,4-5H2,1-3H3,(H,30,31)/b29-18-/t19-/m1/s1. The molecule has 0 unspecified atom stereocenters. The molecule has 0 radical (unpaired) electrons. The fraction of sp³-hybridized carbons (Fsp3) is 0.259. The highest BCUT2D eigenvalue weighted by atomic mass is 79.9. The molecule has 0 fully saturated rings. The number of nitrogens with one attached hydrogen (secondary N) is 1. The molecule has 0 spiro atoms. The Balaban J connectivity index is 1.86. The summed E-state index contributed by atoms with van der Waals surface area (Å²) in [5, 5.41) is 15.6. The van der Waals surface area contributed by atoms with Crippen molar-refractivity contribution < 1.29 is 19.4 Å². The van der Waals surface area contributed by atoms with Crippen molar-refractivity contribution in [2.45, 2.75) is 38.9 Å². The van der Waals surface area contributed by atoms with Crippen LogP contribution in [0.15, 0.2) is 82.4 Å². The molecule has 1 atom stereocenters. The molecule has 2 N–H and O–H groups in total. The largest absolute Gasteiger partial charge is 0.490 e. The van der Waals surface area contributed by atoms with E-state index in [-0.39, 0.29) is 6.10 Å². The predicted molar refractivity (Wildman–Crippen MR) is 137 cm³/mol. The van der Waals surface area contributed by atoms with Gasteiger partial charge in [-0.2, -0.15) is 5.10 Å². The second-order valence-electron chi connectivity index (χ2n) is 7.74. The third-order valence-electron chi connectivity index (χ3n) is 5.32. The normalized spacial score (nSPS) is 12.4. The van der Waals surface area contributed by atoms with E-state index in [1.165, 1.54) is 6.21 Å².